The molecule has 1 saturated heterocycles. The van der Waals surface area contributed by atoms with E-state index in [1.807, 2.05) is 26.8 Å². The summed E-state index contributed by atoms with van der Waals surface area (Å²) in [5.41, 5.74) is 2.06. The molecular weight excluding hydrogens is 293 g/mol. The van der Waals surface area contributed by atoms with Gasteiger partial charge in [0.05, 0.1) is 12.6 Å². The molecule has 0 radical (unpaired) electrons. The van der Waals surface area contributed by atoms with Crippen LogP contribution in [-0.4, -0.2) is 23.3 Å². The normalized spacial score (nSPS) is 27.2. The lowest BCUT2D eigenvalue weighted by Crippen LogP contribution is -2.63. The Hall–Kier alpha value is -0.970. The third-order valence-electron chi connectivity index (χ3n) is 4.57. The molecule has 1 aliphatic rings. The van der Waals surface area contributed by atoms with Crippen LogP contribution in [0.25, 0.3) is 0 Å². The number of ether oxygens (including phenoxy) is 1. The van der Waals surface area contributed by atoms with E-state index in [4.69, 9.17) is 4.74 Å². The predicted molar refractivity (Wildman–Crippen MR) is 90.9 cm³/mol. The molecule has 130 valence electrons. The molecular formula is C19H30FNO2. The van der Waals surface area contributed by atoms with Crippen LogP contribution in [0.15, 0.2) is 12.1 Å². The summed E-state index contributed by atoms with van der Waals surface area (Å²) < 4.78 is 20.4. The Morgan fingerprint density at radius 2 is 1.91 bits per heavy atom. The molecule has 2 N–H and O–H groups in total. The Balaban J connectivity index is 2.43. The quantitative estimate of drug-likeness (QED) is 0.869. The van der Waals surface area contributed by atoms with Crippen LogP contribution >= 0.6 is 0 Å². The minimum absolute atomic E-state index is 0.210. The second-order valence-electron chi connectivity index (χ2n) is 7.33. The highest BCUT2D eigenvalue weighted by atomic mass is 19.1. The van der Waals surface area contributed by atoms with E-state index in [0.717, 1.165) is 36.8 Å². The first-order valence-electron chi connectivity index (χ1n) is 8.69. The van der Waals surface area contributed by atoms with Gasteiger partial charge in [-0.2, -0.15) is 0 Å². The highest BCUT2D eigenvalue weighted by molar-refractivity contribution is 5.37. The fourth-order valence-corrected chi connectivity index (χ4v) is 3.40. The number of rotatable bonds is 5. The van der Waals surface area contributed by atoms with Gasteiger partial charge in [-0.05, 0) is 56.9 Å². The van der Waals surface area contributed by atoms with Gasteiger partial charge in [0, 0.05) is 11.1 Å². The standard InChI is InChI=1S/C19H30FNO2/c1-6-8-14-10-15(11-17(20)16(14)9-7-2)19(22)13(3)21-18(4,5)12-23-19/h10-11,13,21-22H,6-9,12H2,1-5H3. The zero-order valence-electron chi connectivity index (χ0n) is 15.0. The highest BCUT2D eigenvalue weighted by Gasteiger charge is 2.45. The smallest absolute Gasteiger partial charge is 0.208 e. The van der Waals surface area contributed by atoms with Crippen LogP contribution in [0, 0.1) is 5.82 Å². The van der Waals surface area contributed by atoms with Crippen molar-refractivity contribution in [2.45, 2.75) is 77.7 Å². The molecule has 2 unspecified atom stereocenters. The molecule has 0 bridgehead atoms. The summed E-state index contributed by atoms with van der Waals surface area (Å²) in [6, 6.07) is 3.05. The van der Waals surface area contributed by atoms with Gasteiger partial charge in [0.15, 0.2) is 0 Å². The van der Waals surface area contributed by atoms with Crippen molar-refractivity contribution in [1.29, 1.82) is 0 Å². The molecule has 2 atom stereocenters. The lowest BCUT2D eigenvalue weighted by Gasteiger charge is -2.46. The second-order valence-corrected chi connectivity index (χ2v) is 7.33. The van der Waals surface area contributed by atoms with E-state index in [9.17, 15) is 9.50 Å². The fraction of sp³-hybridized carbons (Fsp3) is 0.684. The first-order valence-corrected chi connectivity index (χ1v) is 8.69. The van der Waals surface area contributed by atoms with Crippen LogP contribution in [0.5, 0.6) is 0 Å². The van der Waals surface area contributed by atoms with Gasteiger partial charge in [-0.25, -0.2) is 4.39 Å². The lowest BCUT2D eigenvalue weighted by molar-refractivity contribution is -0.263. The van der Waals surface area contributed by atoms with Crippen LogP contribution < -0.4 is 5.32 Å². The van der Waals surface area contributed by atoms with Crippen LogP contribution in [-0.2, 0) is 23.4 Å². The summed E-state index contributed by atoms with van der Waals surface area (Å²) in [7, 11) is 0. The molecule has 0 spiro atoms. The van der Waals surface area contributed by atoms with Gasteiger partial charge < -0.3 is 15.2 Å². The van der Waals surface area contributed by atoms with Crippen LogP contribution in [0.4, 0.5) is 4.39 Å². The first-order chi connectivity index (χ1) is 10.7. The monoisotopic (exact) mass is 323 g/mol. The number of benzene rings is 1. The van der Waals surface area contributed by atoms with E-state index in [2.05, 4.69) is 19.2 Å². The van der Waals surface area contributed by atoms with Crippen LogP contribution in [0.1, 0.15) is 64.2 Å². The molecule has 1 aromatic carbocycles. The van der Waals surface area contributed by atoms with Crippen LogP contribution in [0.2, 0.25) is 0 Å². The van der Waals surface area contributed by atoms with Crippen molar-refractivity contribution in [1.82, 2.24) is 5.32 Å². The van der Waals surface area contributed by atoms with Crippen molar-refractivity contribution in [3.63, 3.8) is 0 Å². The number of halogens is 1. The third kappa shape index (κ3) is 3.76. The number of morpholine rings is 1. The number of hydrogen-bond acceptors (Lipinski definition) is 3. The molecule has 1 fully saturated rings. The fourth-order valence-electron chi connectivity index (χ4n) is 3.40. The molecule has 0 amide bonds. The Kier molecular flexibility index (Phi) is 5.49. The zero-order valence-corrected chi connectivity index (χ0v) is 15.0. The number of aliphatic hydroxyl groups is 1. The van der Waals surface area contributed by atoms with E-state index >= 15 is 0 Å². The Morgan fingerprint density at radius 1 is 1.26 bits per heavy atom. The van der Waals surface area contributed by atoms with Crippen molar-refractivity contribution >= 4 is 0 Å². The van der Waals surface area contributed by atoms with Crippen molar-refractivity contribution in [3.05, 3.63) is 34.6 Å². The van der Waals surface area contributed by atoms with Gasteiger partial charge in [0.25, 0.3) is 0 Å². The van der Waals surface area contributed by atoms with E-state index in [-0.39, 0.29) is 17.4 Å². The Labute approximate surface area is 139 Å². The van der Waals surface area contributed by atoms with Gasteiger partial charge in [0.1, 0.15) is 5.82 Å². The molecule has 0 aromatic heterocycles. The summed E-state index contributed by atoms with van der Waals surface area (Å²) in [4.78, 5) is 0. The summed E-state index contributed by atoms with van der Waals surface area (Å²) in [6.45, 7) is 10.4. The number of aryl methyl sites for hydroxylation is 1. The SMILES string of the molecule is CCCc1cc(C2(O)OCC(C)(C)NC2C)cc(F)c1CCC. The molecule has 2 rings (SSSR count). The van der Waals surface area contributed by atoms with E-state index in [0.29, 0.717) is 12.2 Å². The maximum atomic E-state index is 14.6. The van der Waals surface area contributed by atoms with Gasteiger partial charge in [-0.15, -0.1) is 0 Å². The van der Waals surface area contributed by atoms with E-state index < -0.39 is 5.79 Å². The van der Waals surface area contributed by atoms with Gasteiger partial charge in [-0.3, -0.25) is 0 Å². The minimum atomic E-state index is -1.50. The topological polar surface area (TPSA) is 41.5 Å². The molecule has 1 aromatic rings. The largest absolute Gasteiger partial charge is 0.361 e. The van der Waals surface area contributed by atoms with E-state index in [1.54, 1.807) is 0 Å². The molecule has 23 heavy (non-hydrogen) atoms. The highest BCUT2D eigenvalue weighted by Crippen LogP contribution is 2.35. The van der Waals surface area contributed by atoms with E-state index in [1.165, 1.54) is 6.07 Å². The Morgan fingerprint density at radius 3 is 2.48 bits per heavy atom. The Bertz CT molecular complexity index is 559. The third-order valence-corrected chi connectivity index (χ3v) is 4.57. The van der Waals surface area contributed by atoms with Crippen LogP contribution in [0.3, 0.4) is 0 Å². The average Bonchev–Trinajstić information content (AvgIpc) is 2.46. The average molecular weight is 323 g/mol. The van der Waals surface area contributed by atoms with Crippen molar-refractivity contribution in [3.8, 4) is 0 Å². The summed E-state index contributed by atoms with van der Waals surface area (Å²) in [5, 5.41) is 14.4. The molecule has 3 nitrogen and oxygen atoms in total. The predicted octanol–water partition coefficient (Wildman–Crippen LogP) is 3.66. The van der Waals surface area contributed by atoms with Crippen molar-refractivity contribution in [2.75, 3.05) is 6.61 Å². The lowest BCUT2D eigenvalue weighted by atomic mass is 9.88. The minimum Gasteiger partial charge on any atom is -0.361 e. The number of hydrogen-bond donors (Lipinski definition) is 2. The summed E-state index contributed by atoms with van der Waals surface area (Å²) >= 11 is 0. The maximum Gasteiger partial charge on any atom is 0.208 e. The van der Waals surface area contributed by atoms with Gasteiger partial charge in [0.2, 0.25) is 5.79 Å². The second kappa shape index (κ2) is 6.88. The van der Waals surface area contributed by atoms with Crippen molar-refractivity contribution in [2.24, 2.45) is 0 Å². The summed E-state index contributed by atoms with van der Waals surface area (Å²) in [6.07, 6.45) is 3.38. The number of nitrogens with one attached hydrogen (secondary N) is 1. The molecule has 1 aliphatic heterocycles. The zero-order chi connectivity index (χ0) is 17.3. The molecule has 1 heterocycles. The molecule has 0 aliphatic carbocycles. The maximum absolute atomic E-state index is 14.6. The molecule has 4 heteroatoms. The summed E-state index contributed by atoms with van der Waals surface area (Å²) in [5.74, 6) is -1.73. The first kappa shape index (κ1) is 18.4. The van der Waals surface area contributed by atoms with Gasteiger partial charge in [-0.1, -0.05) is 26.7 Å². The van der Waals surface area contributed by atoms with Crippen molar-refractivity contribution < 1.29 is 14.2 Å². The van der Waals surface area contributed by atoms with Gasteiger partial charge >= 0.3 is 0 Å². The molecule has 0 saturated carbocycles.